The van der Waals surface area contributed by atoms with Gasteiger partial charge in [0.25, 0.3) is 0 Å². The minimum absolute atomic E-state index is 0.0188. The minimum Gasteiger partial charge on any atom is -0.478 e. The highest BCUT2D eigenvalue weighted by molar-refractivity contribution is 6.36. The van der Waals surface area contributed by atoms with Crippen LogP contribution in [0.1, 0.15) is 10.4 Å². The number of hydrogen-bond donors (Lipinski definition) is 3. The Kier molecular flexibility index (Phi) is 3.78. The molecule has 0 aliphatic heterocycles. The SMILES string of the molecule is Nc1cc(C(=O)O)cnc1Nc1ccc(Cl)cc1Cl. The van der Waals surface area contributed by atoms with Gasteiger partial charge in [-0.15, -0.1) is 0 Å². The molecule has 0 saturated carbocycles. The number of nitrogens with two attached hydrogens (primary N) is 1. The van der Waals surface area contributed by atoms with Crippen LogP contribution in [0.15, 0.2) is 30.5 Å². The first-order valence-corrected chi connectivity index (χ1v) is 5.94. The van der Waals surface area contributed by atoms with E-state index in [1.165, 1.54) is 12.3 Å². The summed E-state index contributed by atoms with van der Waals surface area (Å²) in [5, 5.41) is 12.7. The molecule has 0 fully saturated rings. The average molecular weight is 298 g/mol. The number of anilines is 3. The molecular formula is C12H9Cl2N3O2. The van der Waals surface area contributed by atoms with Gasteiger partial charge < -0.3 is 16.2 Å². The summed E-state index contributed by atoms with van der Waals surface area (Å²) in [6, 6.07) is 6.24. The van der Waals surface area contributed by atoms with Crippen molar-refractivity contribution in [1.29, 1.82) is 0 Å². The molecule has 0 aliphatic carbocycles. The number of nitrogen functional groups attached to an aromatic ring is 1. The van der Waals surface area contributed by atoms with Crippen LogP contribution in [0.3, 0.4) is 0 Å². The summed E-state index contributed by atoms with van der Waals surface area (Å²) in [5.74, 6) is -0.760. The topological polar surface area (TPSA) is 88.2 Å². The van der Waals surface area contributed by atoms with Gasteiger partial charge in [-0.25, -0.2) is 9.78 Å². The number of aromatic carboxylic acids is 1. The predicted molar refractivity (Wildman–Crippen MR) is 75.4 cm³/mol. The molecule has 98 valence electrons. The van der Waals surface area contributed by atoms with E-state index in [-0.39, 0.29) is 11.3 Å². The Labute approximate surface area is 119 Å². The third-order valence-corrected chi connectivity index (χ3v) is 2.90. The lowest BCUT2D eigenvalue weighted by Gasteiger charge is -2.10. The van der Waals surface area contributed by atoms with Crippen molar-refractivity contribution in [2.45, 2.75) is 0 Å². The molecule has 1 aromatic carbocycles. The average Bonchev–Trinajstić information content (AvgIpc) is 2.34. The van der Waals surface area contributed by atoms with E-state index < -0.39 is 5.97 Å². The van der Waals surface area contributed by atoms with E-state index in [1.54, 1.807) is 18.2 Å². The molecular weight excluding hydrogens is 289 g/mol. The van der Waals surface area contributed by atoms with Crippen molar-refractivity contribution < 1.29 is 9.90 Å². The summed E-state index contributed by atoms with van der Waals surface area (Å²) < 4.78 is 0. The summed E-state index contributed by atoms with van der Waals surface area (Å²) in [5.41, 5.74) is 6.54. The predicted octanol–water partition coefficient (Wildman–Crippen LogP) is 3.41. The maximum atomic E-state index is 10.8. The normalized spacial score (nSPS) is 10.2. The summed E-state index contributed by atoms with van der Waals surface area (Å²) >= 11 is 11.8. The third-order valence-electron chi connectivity index (χ3n) is 2.35. The summed E-state index contributed by atoms with van der Waals surface area (Å²) in [6.07, 6.45) is 1.21. The second kappa shape index (κ2) is 5.34. The quantitative estimate of drug-likeness (QED) is 0.808. The van der Waals surface area contributed by atoms with Gasteiger partial charge in [0.1, 0.15) is 0 Å². The molecule has 0 atom stereocenters. The minimum atomic E-state index is -1.09. The Morgan fingerprint density at radius 2 is 2.05 bits per heavy atom. The number of pyridine rings is 1. The lowest BCUT2D eigenvalue weighted by molar-refractivity contribution is 0.0696. The molecule has 0 saturated heterocycles. The van der Waals surface area contributed by atoms with Crippen molar-refractivity contribution in [3.05, 3.63) is 46.1 Å². The molecule has 0 aliphatic rings. The number of rotatable bonds is 3. The molecule has 1 aromatic heterocycles. The lowest BCUT2D eigenvalue weighted by atomic mass is 10.2. The van der Waals surface area contributed by atoms with Gasteiger partial charge in [-0.2, -0.15) is 0 Å². The number of carboxylic acid groups (broad SMARTS) is 1. The van der Waals surface area contributed by atoms with Crippen LogP contribution in [0, 0.1) is 0 Å². The van der Waals surface area contributed by atoms with Gasteiger partial charge in [0.15, 0.2) is 5.82 Å². The Morgan fingerprint density at radius 1 is 1.32 bits per heavy atom. The maximum absolute atomic E-state index is 10.8. The molecule has 0 spiro atoms. The molecule has 2 rings (SSSR count). The van der Waals surface area contributed by atoms with Crippen LogP contribution in [-0.2, 0) is 0 Å². The molecule has 7 heteroatoms. The van der Waals surface area contributed by atoms with E-state index in [4.69, 9.17) is 34.0 Å². The number of carboxylic acids is 1. The zero-order valence-electron chi connectivity index (χ0n) is 9.52. The first-order valence-electron chi connectivity index (χ1n) is 5.18. The maximum Gasteiger partial charge on any atom is 0.337 e. The zero-order valence-corrected chi connectivity index (χ0v) is 11.0. The first kappa shape index (κ1) is 13.5. The highest BCUT2D eigenvalue weighted by Crippen LogP contribution is 2.29. The van der Waals surface area contributed by atoms with Gasteiger partial charge in [-0.05, 0) is 24.3 Å². The number of nitrogens with one attached hydrogen (secondary N) is 1. The third kappa shape index (κ3) is 3.07. The van der Waals surface area contributed by atoms with Crippen molar-refractivity contribution in [1.82, 2.24) is 4.98 Å². The first-order chi connectivity index (χ1) is 8.97. The lowest BCUT2D eigenvalue weighted by Crippen LogP contribution is -2.04. The van der Waals surface area contributed by atoms with Crippen molar-refractivity contribution in [3.63, 3.8) is 0 Å². The number of benzene rings is 1. The van der Waals surface area contributed by atoms with Crippen LogP contribution in [0.25, 0.3) is 0 Å². The van der Waals surface area contributed by atoms with Gasteiger partial charge in [-0.3, -0.25) is 0 Å². The molecule has 4 N–H and O–H groups in total. The summed E-state index contributed by atoms with van der Waals surface area (Å²) in [4.78, 5) is 14.7. The molecule has 5 nitrogen and oxygen atoms in total. The van der Waals surface area contributed by atoms with Gasteiger partial charge in [0.05, 0.1) is 22.0 Å². The van der Waals surface area contributed by atoms with Gasteiger partial charge in [0.2, 0.25) is 0 Å². The molecule has 19 heavy (non-hydrogen) atoms. The summed E-state index contributed by atoms with van der Waals surface area (Å²) in [6.45, 7) is 0. The second-order valence-corrected chi connectivity index (χ2v) is 4.56. The fourth-order valence-electron chi connectivity index (χ4n) is 1.42. The Morgan fingerprint density at radius 3 is 2.63 bits per heavy atom. The molecule has 1 heterocycles. The van der Waals surface area contributed by atoms with Crippen LogP contribution < -0.4 is 11.1 Å². The van der Waals surface area contributed by atoms with Gasteiger partial charge in [0, 0.05) is 11.2 Å². The second-order valence-electron chi connectivity index (χ2n) is 3.72. The fourth-order valence-corrected chi connectivity index (χ4v) is 1.88. The van der Waals surface area contributed by atoms with Crippen molar-refractivity contribution in [3.8, 4) is 0 Å². The molecule has 2 aromatic rings. The highest BCUT2D eigenvalue weighted by atomic mass is 35.5. The fraction of sp³-hybridized carbons (Fsp3) is 0. The smallest absolute Gasteiger partial charge is 0.337 e. The Balaban J connectivity index is 2.31. The van der Waals surface area contributed by atoms with Crippen LogP contribution in [0.5, 0.6) is 0 Å². The summed E-state index contributed by atoms with van der Waals surface area (Å²) in [7, 11) is 0. The standard InChI is InChI=1S/C12H9Cl2N3O2/c13-7-1-2-10(8(14)4-7)17-11-9(15)3-6(5-16-11)12(18)19/h1-5H,15H2,(H,16,17)(H,18,19). The van der Waals surface area contributed by atoms with E-state index in [1.807, 2.05) is 0 Å². The molecule has 0 radical (unpaired) electrons. The molecule has 0 amide bonds. The monoisotopic (exact) mass is 297 g/mol. The Hall–Kier alpha value is -1.98. The van der Waals surface area contributed by atoms with E-state index in [0.717, 1.165) is 0 Å². The largest absolute Gasteiger partial charge is 0.478 e. The zero-order chi connectivity index (χ0) is 14.0. The van der Waals surface area contributed by atoms with Crippen LogP contribution in [0.4, 0.5) is 17.2 Å². The number of hydrogen-bond acceptors (Lipinski definition) is 4. The van der Waals surface area contributed by atoms with Crippen molar-refractivity contribution >= 4 is 46.4 Å². The van der Waals surface area contributed by atoms with Crippen LogP contribution in [-0.4, -0.2) is 16.1 Å². The van der Waals surface area contributed by atoms with E-state index in [9.17, 15) is 4.79 Å². The van der Waals surface area contributed by atoms with E-state index in [0.29, 0.717) is 21.6 Å². The van der Waals surface area contributed by atoms with Crippen molar-refractivity contribution in [2.75, 3.05) is 11.1 Å². The van der Waals surface area contributed by atoms with Gasteiger partial charge >= 0.3 is 5.97 Å². The van der Waals surface area contributed by atoms with E-state index >= 15 is 0 Å². The van der Waals surface area contributed by atoms with Crippen LogP contribution >= 0.6 is 23.2 Å². The molecule has 0 unspecified atom stereocenters. The van der Waals surface area contributed by atoms with Crippen LogP contribution in [0.2, 0.25) is 10.0 Å². The Bertz CT molecular complexity index is 647. The van der Waals surface area contributed by atoms with Gasteiger partial charge in [-0.1, -0.05) is 23.2 Å². The highest BCUT2D eigenvalue weighted by Gasteiger charge is 2.09. The number of aromatic nitrogens is 1. The number of carbonyl (C=O) groups is 1. The van der Waals surface area contributed by atoms with Crippen molar-refractivity contribution in [2.24, 2.45) is 0 Å². The van der Waals surface area contributed by atoms with E-state index in [2.05, 4.69) is 10.3 Å². The molecule has 0 bridgehead atoms. The number of nitrogens with zero attached hydrogens (tertiary/aromatic N) is 1. The number of halogens is 2.